The van der Waals surface area contributed by atoms with E-state index in [1.807, 2.05) is 42.5 Å². The van der Waals surface area contributed by atoms with Crippen molar-refractivity contribution in [1.29, 1.82) is 0 Å². The molecule has 0 aliphatic carbocycles. The summed E-state index contributed by atoms with van der Waals surface area (Å²) in [6, 6.07) is 19.8. The lowest BCUT2D eigenvalue weighted by Crippen LogP contribution is -2.45. The van der Waals surface area contributed by atoms with E-state index in [9.17, 15) is 9.59 Å². The van der Waals surface area contributed by atoms with Crippen LogP contribution in [-0.2, 0) is 9.53 Å². The number of hydrogen-bond donors (Lipinski definition) is 2. The molecule has 0 fully saturated rings. The molecule has 3 aromatic carbocycles. The van der Waals surface area contributed by atoms with Gasteiger partial charge in [-0.15, -0.1) is 0 Å². The molecule has 0 bridgehead atoms. The lowest BCUT2D eigenvalue weighted by molar-refractivity contribution is -0.136. The van der Waals surface area contributed by atoms with Crippen LogP contribution in [0.3, 0.4) is 0 Å². The number of methoxy groups -OCH3 is 2. The van der Waals surface area contributed by atoms with Gasteiger partial charge in [-0.2, -0.15) is 0 Å². The SMILES string of the molecule is COC(=O)C1=C(c2ccc(OC)cc2)NC(=O)NC1c1cccc2ccccc12. The monoisotopic (exact) mass is 388 g/mol. The fraction of sp³-hybridized carbons (Fsp3) is 0.130. The minimum absolute atomic E-state index is 0.341. The summed E-state index contributed by atoms with van der Waals surface area (Å²) in [5.74, 6) is 0.168. The van der Waals surface area contributed by atoms with Gasteiger partial charge in [0.25, 0.3) is 0 Å². The molecule has 0 aromatic heterocycles. The number of fused-ring (bicyclic) bond motifs is 1. The summed E-state index contributed by atoms with van der Waals surface area (Å²) in [4.78, 5) is 25.3. The largest absolute Gasteiger partial charge is 0.497 e. The number of benzene rings is 3. The van der Waals surface area contributed by atoms with Gasteiger partial charge in [0.1, 0.15) is 5.75 Å². The van der Waals surface area contributed by atoms with Crippen LogP contribution in [-0.4, -0.2) is 26.2 Å². The van der Waals surface area contributed by atoms with Gasteiger partial charge in [0.2, 0.25) is 0 Å². The Balaban J connectivity index is 1.94. The molecule has 3 aromatic rings. The molecular formula is C23H20N2O4. The molecule has 4 rings (SSSR count). The molecule has 6 nitrogen and oxygen atoms in total. The van der Waals surface area contributed by atoms with Crippen molar-refractivity contribution in [1.82, 2.24) is 10.6 Å². The van der Waals surface area contributed by atoms with Crippen LogP contribution in [0.1, 0.15) is 17.2 Å². The Hall–Kier alpha value is -3.80. The highest BCUT2D eigenvalue weighted by molar-refractivity contribution is 6.05. The predicted octanol–water partition coefficient (Wildman–Crippen LogP) is 3.79. The lowest BCUT2D eigenvalue weighted by atomic mass is 9.89. The number of esters is 1. The molecular weight excluding hydrogens is 368 g/mol. The minimum atomic E-state index is -0.653. The molecule has 0 saturated heterocycles. The number of hydrogen-bond acceptors (Lipinski definition) is 4. The van der Waals surface area contributed by atoms with E-state index < -0.39 is 12.0 Å². The summed E-state index contributed by atoms with van der Waals surface area (Å²) in [6.07, 6.45) is 0. The first-order valence-electron chi connectivity index (χ1n) is 9.14. The van der Waals surface area contributed by atoms with Crippen molar-refractivity contribution < 1.29 is 19.1 Å². The standard InChI is InChI=1S/C23H20N2O4/c1-28-16-12-10-15(11-13-16)20-19(22(26)29-2)21(25-23(27)24-20)18-9-5-7-14-6-3-4-8-17(14)18/h3-13,21H,1-2H3,(H2,24,25,27). The van der Waals surface area contributed by atoms with Gasteiger partial charge in [0, 0.05) is 0 Å². The van der Waals surface area contributed by atoms with E-state index in [1.165, 1.54) is 7.11 Å². The molecule has 146 valence electrons. The summed E-state index contributed by atoms with van der Waals surface area (Å²) in [7, 11) is 2.91. The van der Waals surface area contributed by atoms with Crippen molar-refractivity contribution in [3.05, 3.63) is 83.4 Å². The number of urea groups is 1. The van der Waals surface area contributed by atoms with Crippen LogP contribution in [0.5, 0.6) is 5.75 Å². The van der Waals surface area contributed by atoms with Crippen LogP contribution in [0.2, 0.25) is 0 Å². The van der Waals surface area contributed by atoms with E-state index in [4.69, 9.17) is 9.47 Å². The zero-order valence-corrected chi connectivity index (χ0v) is 16.1. The van der Waals surface area contributed by atoms with Crippen molar-refractivity contribution >= 4 is 28.5 Å². The summed E-state index contributed by atoms with van der Waals surface area (Å²) >= 11 is 0. The zero-order valence-electron chi connectivity index (χ0n) is 16.1. The van der Waals surface area contributed by atoms with E-state index in [0.717, 1.165) is 16.3 Å². The highest BCUT2D eigenvalue weighted by Crippen LogP contribution is 2.35. The third-order valence-corrected chi connectivity index (χ3v) is 4.99. The van der Waals surface area contributed by atoms with Crippen LogP contribution in [0.4, 0.5) is 4.79 Å². The minimum Gasteiger partial charge on any atom is -0.497 e. The Labute approximate surface area is 168 Å². The normalized spacial score (nSPS) is 16.2. The van der Waals surface area contributed by atoms with Crippen LogP contribution in [0.25, 0.3) is 16.5 Å². The second kappa shape index (κ2) is 7.67. The Bertz CT molecular complexity index is 1110. The second-order valence-corrected chi connectivity index (χ2v) is 6.61. The molecule has 0 spiro atoms. The Kier molecular flexibility index (Phi) is 4.91. The van der Waals surface area contributed by atoms with Gasteiger partial charge in [-0.1, -0.05) is 42.5 Å². The van der Waals surface area contributed by atoms with Gasteiger partial charge < -0.3 is 20.1 Å². The maximum Gasteiger partial charge on any atom is 0.338 e. The molecule has 1 aliphatic heterocycles. The second-order valence-electron chi connectivity index (χ2n) is 6.61. The molecule has 29 heavy (non-hydrogen) atoms. The summed E-state index contributed by atoms with van der Waals surface area (Å²) in [5.41, 5.74) is 2.27. The average molecular weight is 388 g/mol. The molecule has 2 amide bonds. The molecule has 0 saturated carbocycles. The molecule has 1 aliphatic rings. The quantitative estimate of drug-likeness (QED) is 0.667. The first-order valence-corrected chi connectivity index (χ1v) is 9.14. The third-order valence-electron chi connectivity index (χ3n) is 4.99. The maximum absolute atomic E-state index is 12.8. The fourth-order valence-electron chi connectivity index (χ4n) is 3.62. The summed E-state index contributed by atoms with van der Waals surface area (Å²) in [6.45, 7) is 0. The van der Waals surface area contributed by atoms with Gasteiger partial charge in [-0.25, -0.2) is 9.59 Å². The van der Waals surface area contributed by atoms with Crippen molar-refractivity contribution in [3.8, 4) is 5.75 Å². The number of carbonyl (C=O) groups is 2. The molecule has 0 radical (unpaired) electrons. The predicted molar refractivity (Wildman–Crippen MR) is 110 cm³/mol. The number of carbonyl (C=O) groups excluding carboxylic acids is 2. The smallest absolute Gasteiger partial charge is 0.338 e. The van der Waals surface area contributed by atoms with Crippen LogP contribution < -0.4 is 15.4 Å². The van der Waals surface area contributed by atoms with Gasteiger partial charge >= 0.3 is 12.0 Å². The van der Waals surface area contributed by atoms with E-state index in [-0.39, 0.29) is 6.03 Å². The highest BCUT2D eigenvalue weighted by Gasteiger charge is 2.34. The maximum atomic E-state index is 12.8. The van der Waals surface area contributed by atoms with E-state index in [2.05, 4.69) is 10.6 Å². The molecule has 6 heteroatoms. The fourth-order valence-corrected chi connectivity index (χ4v) is 3.62. The number of amides is 2. The summed E-state index contributed by atoms with van der Waals surface area (Å²) < 4.78 is 10.3. The van der Waals surface area contributed by atoms with Crippen molar-refractivity contribution in [2.24, 2.45) is 0 Å². The van der Waals surface area contributed by atoms with E-state index in [0.29, 0.717) is 22.6 Å². The molecule has 1 unspecified atom stereocenters. The number of nitrogens with one attached hydrogen (secondary N) is 2. The van der Waals surface area contributed by atoms with Gasteiger partial charge in [-0.3, -0.25) is 0 Å². The van der Waals surface area contributed by atoms with Crippen molar-refractivity contribution in [2.45, 2.75) is 6.04 Å². The van der Waals surface area contributed by atoms with Crippen LogP contribution >= 0.6 is 0 Å². The van der Waals surface area contributed by atoms with E-state index in [1.54, 1.807) is 31.4 Å². The molecule has 1 atom stereocenters. The highest BCUT2D eigenvalue weighted by atomic mass is 16.5. The Morgan fingerprint density at radius 3 is 2.38 bits per heavy atom. The lowest BCUT2D eigenvalue weighted by Gasteiger charge is -2.30. The van der Waals surface area contributed by atoms with Gasteiger partial charge in [0.15, 0.2) is 0 Å². The van der Waals surface area contributed by atoms with Gasteiger partial charge in [0.05, 0.1) is 31.5 Å². The average Bonchev–Trinajstić information content (AvgIpc) is 2.77. The van der Waals surface area contributed by atoms with Crippen LogP contribution in [0.15, 0.2) is 72.3 Å². The van der Waals surface area contributed by atoms with Crippen molar-refractivity contribution in [3.63, 3.8) is 0 Å². The van der Waals surface area contributed by atoms with Crippen molar-refractivity contribution in [2.75, 3.05) is 14.2 Å². The first kappa shape index (κ1) is 18.6. The summed E-state index contributed by atoms with van der Waals surface area (Å²) in [5, 5.41) is 7.63. The number of rotatable bonds is 4. The Morgan fingerprint density at radius 1 is 0.931 bits per heavy atom. The zero-order chi connectivity index (χ0) is 20.4. The molecule has 2 N–H and O–H groups in total. The van der Waals surface area contributed by atoms with Crippen LogP contribution in [0, 0.1) is 0 Å². The number of ether oxygens (including phenoxy) is 2. The Morgan fingerprint density at radius 2 is 1.66 bits per heavy atom. The first-order chi connectivity index (χ1) is 14.1. The van der Waals surface area contributed by atoms with E-state index >= 15 is 0 Å². The molecule has 1 heterocycles. The van der Waals surface area contributed by atoms with Gasteiger partial charge in [-0.05, 0) is 46.2 Å². The third kappa shape index (κ3) is 3.40. The topological polar surface area (TPSA) is 76.7 Å².